The number of hydrogen-bond donors (Lipinski definition) is 2. The zero-order chi connectivity index (χ0) is 37.8. The zero-order valence-corrected chi connectivity index (χ0v) is 33.4. The van der Waals surface area contributed by atoms with Gasteiger partial charge in [0.15, 0.2) is 0 Å². The Labute approximate surface area is 339 Å². The van der Waals surface area contributed by atoms with Crippen LogP contribution >= 0.6 is 22.7 Å². The molecule has 2 aliphatic heterocycles. The van der Waals surface area contributed by atoms with Crippen LogP contribution in [0.3, 0.4) is 0 Å². The molecule has 286 valence electrons. The molecule has 8 rings (SSSR count). The maximum absolute atomic E-state index is 6.13. The van der Waals surface area contributed by atoms with E-state index in [0.29, 0.717) is 0 Å². The molecule has 0 radical (unpaired) electrons. The second kappa shape index (κ2) is 19.2. The molecule has 0 saturated carbocycles. The minimum Gasteiger partial charge on any atom is -0.494 e. The molecular formula is C48H50N4O2S2. The van der Waals surface area contributed by atoms with Crippen LogP contribution in [-0.2, 0) is 0 Å². The summed E-state index contributed by atoms with van der Waals surface area (Å²) < 4.78 is 12.3. The van der Waals surface area contributed by atoms with Crippen LogP contribution in [0, 0.1) is 0 Å². The van der Waals surface area contributed by atoms with Crippen molar-refractivity contribution in [1.29, 1.82) is 0 Å². The first-order valence-corrected chi connectivity index (χ1v) is 21.7. The summed E-state index contributed by atoms with van der Waals surface area (Å²) in [5.41, 5.74) is 14.3. The predicted molar refractivity (Wildman–Crippen MR) is 235 cm³/mol. The fraction of sp³-hybridized carbons (Fsp3) is 0.250. The molecule has 2 aromatic heterocycles. The van der Waals surface area contributed by atoms with E-state index in [9.17, 15) is 0 Å². The van der Waals surface area contributed by atoms with Gasteiger partial charge in [0.05, 0.1) is 48.1 Å². The fourth-order valence-electron chi connectivity index (χ4n) is 7.31. The predicted octanol–water partition coefficient (Wildman–Crippen LogP) is 12.6. The van der Waals surface area contributed by atoms with Gasteiger partial charge in [-0.1, -0.05) is 87.1 Å². The number of nitrogens with one attached hydrogen (secondary N) is 2. The lowest BCUT2D eigenvalue weighted by molar-refractivity contribution is 0.301. The highest BCUT2D eigenvalue weighted by Crippen LogP contribution is 2.38. The largest absolute Gasteiger partial charge is 0.494 e. The van der Waals surface area contributed by atoms with Crippen LogP contribution in [-0.4, -0.2) is 13.2 Å². The summed E-state index contributed by atoms with van der Waals surface area (Å²) in [6.45, 7) is 1.52. The molecule has 2 unspecified atom stereocenters. The van der Waals surface area contributed by atoms with Gasteiger partial charge in [0.2, 0.25) is 0 Å². The number of anilines is 2. The van der Waals surface area contributed by atoms with Crippen LogP contribution in [0.1, 0.15) is 84.3 Å². The Balaban J connectivity index is 0.700. The molecule has 2 atom stereocenters. The molecule has 2 N–H and O–H groups in total. The molecule has 4 aromatic carbocycles. The van der Waals surface area contributed by atoms with E-state index in [4.69, 9.17) is 9.47 Å². The average Bonchev–Trinajstić information content (AvgIpc) is 4.10. The van der Waals surface area contributed by atoms with Crippen molar-refractivity contribution < 1.29 is 9.47 Å². The van der Waals surface area contributed by atoms with Crippen LogP contribution in [0.4, 0.5) is 11.4 Å². The van der Waals surface area contributed by atoms with Crippen molar-refractivity contribution in [3.63, 3.8) is 0 Å². The first-order chi connectivity index (χ1) is 27.8. The van der Waals surface area contributed by atoms with Gasteiger partial charge in [-0.2, -0.15) is 0 Å². The van der Waals surface area contributed by atoms with Gasteiger partial charge in [-0.15, -0.1) is 22.7 Å². The lowest BCUT2D eigenvalue weighted by Crippen LogP contribution is -2.32. The molecule has 2 aliphatic rings. The third-order valence-corrected chi connectivity index (χ3v) is 12.2. The normalized spacial score (nSPS) is 16.6. The average molecular weight is 779 g/mol. The standard InChI is InChI=1S/C48H50N4O2S2/c1(3-5-13-31-53-41-27-23-37(24-28-41)45-35-43(47-21-15-33-55-47)49-51(45)39-17-9-7-10-18-39)2-4-6-14-32-54-42-29-25-38(26-30-42)46-36-44(48-22-16-34-56-48)50-52(46)40-19-11-8-12-20-40/h7-12,15-30,33-36,43-44,49-50H,1-6,13-14,31-32H2. The van der Waals surface area contributed by atoms with Crippen molar-refractivity contribution in [3.05, 3.63) is 177 Å². The zero-order valence-electron chi connectivity index (χ0n) is 31.8. The minimum atomic E-state index is 0.154. The number of thiophene rings is 2. The summed E-state index contributed by atoms with van der Waals surface area (Å²) >= 11 is 3.56. The van der Waals surface area contributed by atoms with Gasteiger partial charge in [0.1, 0.15) is 11.5 Å². The summed E-state index contributed by atoms with van der Waals surface area (Å²) in [6.07, 6.45) is 14.3. The van der Waals surface area contributed by atoms with Crippen molar-refractivity contribution in [3.8, 4) is 11.5 Å². The number of hydrazine groups is 2. The Kier molecular flexibility index (Phi) is 12.9. The first-order valence-electron chi connectivity index (χ1n) is 20.0. The van der Waals surface area contributed by atoms with E-state index >= 15 is 0 Å². The Morgan fingerprint density at radius 2 is 0.821 bits per heavy atom. The lowest BCUT2D eigenvalue weighted by atomic mass is 10.1. The summed E-state index contributed by atoms with van der Waals surface area (Å²) in [5.74, 6) is 1.86. The summed E-state index contributed by atoms with van der Waals surface area (Å²) in [4.78, 5) is 2.61. The van der Waals surface area contributed by atoms with Crippen molar-refractivity contribution >= 4 is 45.4 Å². The van der Waals surface area contributed by atoms with E-state index in [1.54, 1.807) is 22.7 Å². The number of unbranched alkanes of at least 4 members (excludes halogenated alkanes) is 7. The topological polar surface area (TPSA) is 49.0 Å². The number of hydrogen-bond acceptors (Lipinski definition) is 8. The van der Waals surface area contributed by atoms with Crippen LogP contribution in [0.5, 0.6) is 11.5 Å². The second-order valence-electron chi connectivity index (χ2n) is 14.3. The van der Waals surface area contributed by atoms with E-state index in [0.717, 1.165) is 60.3 Å². The fourth-order valence-corrected chi connectivity index (χ4v) is 8.78. The van der Waals surface area contributed by atoms with Gasteiger partial charge in [0, 0.05) is 9.75 Å². The lowest BCUT2D eigenvalue weighted by Gasteiger charge is -2.24. The molecular weight excluding hydrogens is 729 g/mol. The highest BCUT2D eigenvalue weighted by Gasteiger charge is 2.28. The first kappa shape index (κ1) is 37.8. The number of benzene rings is 4. The molecule has 6 aromatic rings. The van der Waals surface area contributed by atoms with Crippen molar-refractivity contribution in [2.24, 2.45) is 0 Å². The van der Waals surface area contributed by atoms with Gasteiger partial charge < -0.3 is 9.47 Å². The van der Waals surface area contributed by atoms with Gasteiger partial charge in [-0.25, -0.2) is 10.9 Å². The third kappa shape index (κ3) is 9.63. The highest BCUT2D eigenvalue weighted by atomic mass is 32.1. The van der Waals surface area contributed by atoms with Crippen LogP contribution in [0.25, 0.3) is 11.4 Å². The van der Waals surface area contributed by atoms with Gasteiger partial charge in [-0.05, 0) is 132 Å². The van der Waals surface area contributed by atoms with Crippen molar-refractivity contribution in [2.45, 2.75) is 63.5 Å². The summed E-state index contributed by atoms with van der Waals surface area (Å²) in [6, 6.07) is 47.0. The highest BCUT2D eigenvalue weighted by molar-refractivity contribution is 7.10. The Hall–Kier alpha value is -5.12. The maximum atomic E-state index is 6.13. The quantitative estimate of drug-likeness (QED) is 0.0799. The number of para-hydroxylation sites is 2. The van der Waals surface area contributed by atoms with E-state index in [1.807, 2.05) is 0 Å². The Morgan fingerprint density at radius 3 is 1.20 bits per heavy atom. The number of ether oxygens (including phenoxy) is 2. The molecule has 0 fully saturated rings. The Bertz CT molecular complexity index is 1960. The smallest absolute Gasteiger partial charge is 0.119 e. The Morgan fingerprint density at radius 1 is 0.429 bits per heavy atom. The van der Waals surface area contributed by atoms with Gasteiger partial charge in [-0.3, -0.25) is 10.0 Å². The van der Waals surface area contributed by atoms with Crippen molar-refractivity contribution in [2.75, 3.05) is 23.2 Å². The molecule has 56 heavy (non-hydrogen) atoms. The van der Waals surface area contributed by atoms with E-state index in [2.05, 4.69) is 177 Å². The molecule has 0 bridgehead atoms. The molecule has 0 saturated heterocycles. The maximum Gasteiger partial charge on any atom is 0.119 e. The molecule has 6 nitrogen and oxygen atoms in total. The molecule has 0 aliphatic carbocycles. The summed E-state index contributed by atoms with van der Waals surface area (Å²) in [5, 5.41) is 8.66. The molecule has 4 heterocycles. The van der Waals surface area contributed by atoms with E-state index in [1.165, 1.54) is 59.4 Å². The molecule has 8 heteroatoms. The molecule has 0 amide bonds. The molecule has 0 spiro atoms. The summed E-state index contributed by atoms with van der Waals surface area (Å²) in [7, 11) is 0. The van der Waals surface area contributed by atoms with Gasteiger partial charge in [0.25, 0.3) is 0 Å². The van der Waals surface area contributed by atoms with Gasteiger partial charge >= 0.3 is 0 Å². The van der Waals surface area contributed by atoms with Crippen molar-refractivity contribution in [1.82, 2.24) is 10.9 Å². The second-order valence-corrected chi connectivity index (χ2v) is 16.2. The van der Waals surface area contributed by atoms with Crippen LogP contribution < -0.4 is 30.3 Å². The monoisotopic (exact) mass is 778 g/mol. The minimum absolute atomic E-state index is 0.154. The number of rotatable bonds is 19. The van der Waals surface area contributed by atoms with Crippen LogP contribution in [0.15, 0.2) is 156 Å². The third-order valence-electron chi connectivity index (χ3n) is 10.3. The number of nitrogens with zero attached hydrogens (tertiary/aromatic N) is 2. The van der Waals surface area contributed by atoms with Crippen LogP contribution in [0.2, 0.25) is 0 Å². The van der Waals surface area contributed by atoms with E-state index in [-0.39, 0.29) is 12.1 Å². The van der Waals surface area contributed by atoms with E-state index < -0.39 is 0 Å². The SMILES string of the molecule is C1=C(c2ccc(OCCCCCCCCCCOc3ccc(C4=CC(c5cccs5)NN4c4ccccc4)cc3)cc2)N(c2ccccc2)NC1c1cccs1.